The van der Waals surface area contributed by atoms with Gasteiger partial charge in [-0.2, -0.15) is 10.5 Å². The van der Waals surface area contributed by atoms with E-state index in [9.17, 15) is 20.4 Å². The molecule has 0 aliphatic carbocycles. The molecule has 174 valence electrons. The van der Waals surface area contributed by atoms with Crippen molar-refractivity contribution in [3.05, 3.63) is 46.8 Å². The number of benzene rings is 1. The second kappa shape index (κ2) is 10.1. The van der Waals surface area contributed by atoms with Crippen molar-refractivity contribution >= 4 is 34.7 Å². The number of aromatic nitrogens is 3. The number of hydrogen-bond donors (Lipinski definition) is 1. The van der Waals surface area contributed by atoms with Gasteiger partial charge in [-0.15, -0.1) is 11.8 Å². The summed E-state index contributed by atoms with van der Waals surface area (Å²) in [5.41, 5.74) is 3.75. The topological polar surface area (TPSA) is 122 Å². The summed E-state index contributed by atoms with van der Waals surface area (Å²) in [4.78, 5) is 24.8. The van der Waals surface area contributed by atoms with Crippen molar-refractivity contribution in [2.45, 2.75) is 30.5 Å². The van der Waals surface area contributed by atoms with Gasteiger partial charge in [0, 0.05) is 25.4 Å². The van der Waals surface area contributed by atoms with Gasteiger partial charge in [-0.3, -0.25) is 0 Å². The van der Waals surface area contributed by atoms with Crippen molar-refractivity contribution < 1.29 is 9.90 Å². The zero-order valence-corrected chi connectivity index (χ0v) is 20.0. The Morgan fingerprint density at radius 1 is 1.18 bits per heavy atom. The van der Waals surface area contributed by atoms with Crippen LogP contribution in [-0.2, 0) is 12.2 Å². The fourth-order valence-electron chi connectivity index (χ4n) is 4.23. The van der Waals surface area contributed by atoms with Crippen LogP contribution in [0.25, 0.3) is 11.0 Å². The van der Waals surface area contributed by atoms with Crippen molar-refractivity contribution in [1.29, 1.82) is 10.5 Å². The molecule has 34 heavy (non-hydrogen) atoms. The zero-order valence-electron chi connectivity index (χ0n) is 19.2. The first-order valence-corrected chi connectivity index (χ1v) is 12.1. The molecule has 3 aromatic rings. The Morgan fingerprint density at radius 3 is 2.68 bits per heavy atom. The summed E-state index contributed by atoms with van der Waals surface area (Å²) in [5.74, 6) is 1.20. The highest BCUT2D eigenvalue weighted by Crippen LogP contribution is 2.34. The number of imidazole rings is 1. The van der Waals surface area contributed by atoms with Crippen molar-refractivity contribution in [3.8, 4) is 12.1 Å². The van der Waals surface area contributed by atoms with Crippen LogP contribution in [0.3, 0.4) is 0 Å². The summed E-state index contributed by atoms with van der Waals surface area (Å²) in [6.07, 6.45) is 1.76. The molecule has 1 aliphatic heterocycles. The van der Waals surface area contributed by atoms with Gasteiger partial charge in [-0.25, -0.2) is 19.3 Å². The minimum absolute atomic E-state index is 0.455. The number of carboxylic acid groups (broad SMARTS) is 1. The number of pyridine rings is 1. The van der Waals surface area contributed by atoms with E-state index in [1.807, 2.05) is 19.1 Å². The average Bonchev–Trinajstić information content (AvgIpc) is 3.15. The molecule has 0 unspecified atom stereocenters. The number of rotatable bonds is 5. The van der Waals surface area contributed by atoms with Crippen molar-refractivity contribution in [1.82, 2.24) is 19.4 Å². The van der Waals surface area contributed by atoms with Gasteiger partial charge in [0.25, 0.3) is 0 Å². The summed E-state index contributed by atoms with van der Waals surface area (Å²) < 4.78 is 1.08. The van der Waals surface area contributed by atoms with Crippen LogP contribution < -0.4 is 4.90 Å². The zero-order chi connectivity index (χ0) is 24.2. The van der Waals surface area contributed by atoms with Gasteiger partial charge in [0.15, 0.2) is 0 Å². The van der Waals surface area contributed by atoms with E-state index in [4.69, 9.17) is 4.98 Å². The van der Waals surface area contributed by atoms with Crippen LogP contribution in [0.5, 0.6) is 0 Å². The van der Waals surface area contributed by atoms with Gasteiger partial charge in [-0.05, 0) is 49.7 Å². The highest BCUT2D eigenvalue weighted by atomic mass is 32.2. The van der Waals surface area contributed by atoms with E-state index in [0.29, 0.717) is 45.2 Å². The second-order valence-corrected chi connectivity index (χ2v) is 9.16. The Labute approximate surface area is 202 Å². The molecule has 2 aromatic heterocycles. The van der Waals surface area contributed by atoms with Gasteiger partial charge in [0.05, 0.1) is 22.2 Å². The number of likely N-dealkylation sites (N-methyl/N-ethyl adjacent to an activating group) is 1. The largest absolute Gasteiger partial charge is 0.464 e. The predicted octanol–water partition coefficient (Wildman–Crippen LogP) is 3.70. The molecule has 1 N–H and O–H groups in total. The Hall–Kier alpha value is -3.60. The molecule has 1 aliphatic rings. The van der Waals surface area contributed by atoms with Gasteiger partial charge < -0.3 is 14.9 Å². The van der Waals surface area contributed by atoms with E-state index >= 15 is 0 Å². The van der Waals surface area contributed by atoms with Gasteiger partial charge in [-0.1, -0.05) is 13.0 Å². The van der Waals surface area contributed by atoms with Crippen molar-refractivity contribution in [2.24, 2.45) is 0 Å². The molecule has 0 radical (unpaired) electrons. The Balaban J connectivity index is 1.68. The quantitative estimate of drug-likeness (QED) is 0.550. The number of nitrogens with zero attached hydrogens (tertiary/aromatic N) is 7. The first-order chi connectivity index (χ1) is 16.5. The third-order valence-corrected chi connectivity index (χ3v) is 7.08. The molecule has 0 amide bonds. The van der Waals surface area contributed by atoms with Crippen LogP contribution in [0, 0.1) is 22.7 Å². The summed E-state index contributed by atoms with van der Waals surface area (Å²) in [6, 6.07) is 10.0. The van der Waals surface area contributed by atoms with E-state index in [2.05, 4.69) is 34.0 Å². The van der Waals surface area contributed by atoms with E-state index in [1.54, 1.807) is 6.07 Å². The fraction of sp³-hybridized carbons (Fsp3) is 0.375. The highest BCUT2D eigenvalue weighted by molar-refractivity contribution is 7.98. The molecule has 0 saturated carbocycles. The minimum atomic E-state index is -1.08. The van der Waals surface area contributed by atoms with Gasteiger partial charge in [0.1, 0.15) is 29.3 Å². The number of fused-ring (bicyclic) bond motifs is 1. The lowest BCUT2D eigenvalue weighted by atomic mass is 10.0. The third-order valence-electron chi connectivity index (χ3n) is 6.04. The Kier molecular flexibility index (Phi) is 7.01. The van der Waals surface area contributed by atoms with E-state index in [0.717, 1.165) is 48.3 Å². The van der Waals surface area contributed by atoms with E-state index in [1.165, 1.54) is 18.1 Å². The molecule has 1 fully saturated rings. The van der Waals surface area contributed by atoms with E-state index < -0.39 is 6.09 Å². The molecular formula is C24H25N7O2S. The standard InChI is InChI=1S/C24H25N7O2S/c1-3-17-18(12-25)22(30-8-4-7-29(2)9-10-30)28-23(19(17)13-26)34-14-16-5-6-21-20(11-16)27-15-31(21)24(32)33/h5-6,11,15H,3-4,7-10,14H2,1-2H3,(H,32,33). The lowest BCUT2D eigenvalue weighted by Crippen LogP contribution is -2.30. The summed E-state index contributed by atoms with van der Waals surface area (Å²) in [5, 5.41) is 29.7. The molecule has 0 atom stereocenters. The maximum absolute atomic E-state index is 11.3. The molecule has 9 nitrogen and oxygen atoms in total. The van der Waals surface area contributed by atoms with Crippen LogP contribution in [-0.4, -0.2) is 63.9 Å². The molecule has 3 heterocycles. The van der Waals surface area contributed by atoms with Crippen molar-refractivity contribution in [2.75, 3.05) is 38.1 Å². The SMILES string of the molecule is CCc1c(C#N)c(SCc2ccc3c(c2)ncn3C(=O)O)nc(N2CCCN(C)CC2)c1C#N. The van der Waals surface area contributed by atoms with Crippen LogP contribution in [0.1, 0.15) is 35.6 Å². The summed E-state index contributed by atoms with van der Waals surface area (Å²) >= 11 is 1.45. The Bertz CT molecular complexity index is 1320. The van der Waals surface area contributed by atoms with Gasteiger partial charge >= 0.3 is 6.09 Å². The molecule has 1 aromatic carbocycles. The predicted molar refractivity (Wildman–Crippen MR) is 130 cm³/mol. The monoisotopic (exact) mass is 475 g/mol. The fourth-order valence-corrected chi connectivity index (χ4v) is 5.17. The van der Waals surface area contributed by atoms with Crippen molar-refractivity contribution in [3.63, 3.8) is 0 Å². The second-order valence-electron chi connectivity index (χ2n) is 8.20. The van der Waals surface area contributed by atoms with Crippen LogP contribution >= 0.6 is 11.8 Å². The highest BCUT2D eigenvalue weighted by Gasteiger charge is 2.24. The molecule has 0 bridgehead atoms. The lowest BCUT2D eigenvalue weighted by molar-refractivity contribution is 0.197. The van der Waals surface area contributed by atoms with Crippen LogP contribution in [0.2, 0.25) is 0 Å². The number of nitriles is 2. The Morgan fingerprint density at radius 2 is 1.97 bits per heavy atom. The van der Waals surface area contributed by atoms with Crippen LogP contribution in [0.15, 0.2) is 29.6 Å². The molecular weight excluding hydrogens is 450 g/mol. The molecule has 1 saturated heterocycles. The summed E-state index contributed by atoms with van der Waals surface area (Å²) in [7, 11) is 2.09. The number of thioether (sulfide) groups is 1. The number of hydrogen-bond acceptors (Lipinski definition) is 8. The maximum atomic E-state index is 11.3. The van der Waals surface area contributed by atoms with Crippen LogP contribution in [0.4, 0.5) is 10.6 Å². The maximum Gasteiger partial charge on any atom is 0.417 e. The summed E-state index contributed by atoms with van der Waals surface area (Å²) in [6.45, 7) is 5.43. The molecule has 10 heteroatoms. The lowest BCUT2D eigenvalue weighted by Gasteiger charge is -2.25. The minimum Gasteiger partial charge on any atom is -0.464 e. The molecule has 4 rings (SSSR count). The normalized spacial score (nSPS) is 14.5. The smallest absolute Gasteiger partial charge is 0.417 e. The van der Waals surface area contributed by atoms with E-state index in [-0.39, 0.29) is 0 Å². The van der Waals surface area contributed by atoms with Gasteiger partial charge in [0.2, 0.25) is 0 Å². The number of carbonyl (C=O) groups is 1. The average molecular weight is 476 g/mol. The molecule has 0 spiro atoms. The first-order valence-electron chi connectivity index (χ1n) is 11.1. The third kappa shape index (κ3) is 4.56. The first kappa shape index (κ1) is 23.6. The number of anilines is 1.